The van der Waals surface area contributed by atoms with E-state index < -0.39 is 89.2 Å². The number of nitrogens with one attached hydrogen (secondary N) is 1. The van der Waals surface area contributed by atoms with Gasteiger partial charge in [-0.2, -0.15) is 39.5 Å². The van der Waals surface area contributed by atoms with E-state index in [1.54, 1.807) is 0 Å². The predicted molar refractivity (Wildman–Crippen MR) is 133 cm³/mol. The Morgan fingerprint density at radius 1 is 1.00 bits per heavy atom. The lowest BCUT2D eigenvalue weighted by Gasteiger charge is -2.31. The highest BCUT2D eigenvalue weighted by molar-refractivity contribution is 6.02. The second kappa shape index (κ2) is 12.4. The summed E-state index contributed by atoms with van der Waals surface area (Å²) in [7, 11) is 0. The van der Waals surface area contributed by atoms with E-state index in [4.69, 9.17) is 9.47 Å². The maximum absolute atomic E-state index is 13.5. The summed E-state index contributed by atoms with van der Waals surface area (Å²) in [4.78, 5) is 30.4. The number of amides is 1. The average molecular weight is 644 g/mol. The molecule has 2 aliphatic heterocycles. The van der Waals surface area contributed by atoms with Gasteiger partial charge in [-0.3, -0.25) is 14.7 Å². The highest BCUT2D eigenvalue weighted by Crippen LogP contribution is 2.41. The number of pyridine rings is 1. The van der Waals surface area contributed by atoms with Crippen LogP contribution in [0.1, 0.15) is 65.0 Å². The van der Waals surface area contributed by atoms with E-state index in [0.717, 1.165) is 4.90 Å². The van der Waals surface area contributed by atoms with Crippen LogP contribution in [0, 0.1) is 0 Å². The molecule has 2 fully saturated rings. The topological polar surface area (TPSA) is 101 Å². The third-order valence-electron chi connectivity index (χ3n) is 7.30. The van der Waals surface area contributed by atoms with Gasteiger partial charge in [0.25, 0.3) is 0 Å². The van der Waals surface area contributed by atoms with Crippen LogP contribution in [0.4, 0.5) is 50.0 Å². The fraction of sp³-hybridized carbons (Fsp3) is 0.519. The van der Waals surface area contributed by atoms with Gasteiger partial charge in [0.05, 0.1) is 41.1 Å². The molecule has 2 aromatic rings. The molecule has 4 atom stereocenters. The van der Waals surface area contributed by atoms with Crippen molar-refractivity contribution < 1.29 is 63.7 Å². The van der Waals surface area contributed by atoms with Crippen LogP contribution in [-0.4, -0.2) is 64.8 Å². The van der Waals surface area contributed by atoms with Crippen molar-refractivity contribution in [3.8, 4) is 0 Å². The van der Waals surface area contributed by atoms with Crippen molar-refractivity contribution in [2.75, 3.05) is 25.1 Å². The van der Waals surface area contributed by atoms with Gasteiger partial charge in [-0.15, -0.1) is 0 Å². The molecule has 2 N–H and O–H groups in total. The van der Waals surface area contributed by atoms with Gasteiger partial charge in [0.1, 0.15) is 11.8 Å². The van der Waals surface area contributed by atoms with Gasteiger partial charge >= 0.3 is 24.6 Å². The number of hydrogen-bond donors (Lipinski definition) is 2. The summed E-state index contributed by atoms with van der Waals surface area (Å²) >= 11 is 0. The zero-order valence-electron chi connectivity index (χ0n) is 22.8. The number of aliphatic hydroxyl groups is 1. The van der Waals surface area contributed by atoms with Gasteiger partial charge in [-0.05, 0) is 56.0 Å². The molecular weight excluding hydrogens is 617 g/mol. The lowest BCUT2D eigenvalue weighted by Crippen LogP contribution is -2.38. The van der Waals surface area contributed by atoms with Gasteiger partial charge in [0.15, 0.2) is 0 Å². The molecule has 0 spiro atoms. The molecule has 2 unspecified atom stereocenters. The third-order valence-corrected chi connectivity index (χ3v) is 7.30. The molecule has 0 bridgehead atoms. The summed E-state index contributed by atoms with van der Waals surface area (Å²) < 4.78 is 131. The molecule has 8 nitrogen and oxygen atoms in total. The van der Waals surface area contributed by atoms with E-state index in [9.17, 15) is 54.2 Å². The summed E-state index contributed by atoms with van der Waals surface area (Å²) in [5.74, 6) is -0.968. The number of cyclic esters (lactones) is 1. The van der Waals surface area contributed by atoms with Crippen molar-refractivity contribution in [1.82, 2.24) is 9.88 Å². The van der Waals surface area contributed by atoms with Gasteiger partial charge in [-0.1, -0.05) is 0 Å². The van der Waals surface area contributed by atoms with Crippen LogP contribution in [0.25, 0.3) is 0 Å². The Morgan fingerprint density at radius 2 is 1.61 bits per heavy atom. The molecule has 1 aromatic heterocycles. The number of halogens is 9. The zero-order valence-corrected chi connectivity index (χ0v) is 22.8. The van der Waals surface area contributed by atoms with E-state index in [0.29, 0.717) is 37.2 Å². The van der Waals surface area contributed by atoms with E-state index in [1.807, 2.05) is 0 Å². The number of carbonyl (C=O) groups is 2. The van der Waals surface area contributed by atoms with Crippen LogP contribution in [0.15, 0.2) is 30.5 Å². The van der Waals surface area contributed by atoms with E-state index in [2.05, 4.69) is 10.3 Å². The van der Waals surface area contributed by atoms with Crippen LogP contribution in [0.3, 0.4) is 0 Å². The van der Waals surface area contributed by atoms with Gasteiger partial charge in [-0.25, -0.2) is 4.79 Å². The Hall–Kier alpha value is -3.60. The molecule has 0 radical (unpaired) electrons. The van der Waals surface area contributed by atoms with Gasteiger partial charge in [0, 0.05) is 25.5 Å². The minimum absolute atomic E-state index is 0.0818. The number of rotatable bonds is 8. The summed E-state index contributed by atoms with van der Waals surface area (Å²) in [6.07, 6.45) is -17.1. The molecule has 1 amide bonds. The van der Waals surface area contributed by atoms with E-state index in [1.165, 1.54) is 6.92 Å². The van der Waals surface area contributed by atoms with Crippen molar-refractivity contribution in [2.24, 2.45) is 0 Å². The number of carbonyl (C=O) groups excluding carboxylic acids is 2. The average Bonchev–Trinajstić information content (AvgIpc) is 3.20. The normalized spacial score (nSPS) is 23.1. The second-order valence-corrected chi connectivity index (χ2v) is 10.4. The number of ether oxygens (including phenoxy) is 2. The fourth-order valence-corrected chi connectivity index (χ4v) is 5.06. The Balaban J connectivity index is 1.60. The summed E-state index contributed by atoms with van der Waals surface area (Å²) in [6, 6.07) is -0.315. The number of anilines is 1. The van der Waals surface area contributed by atoms with Crippen LogP contribution in [0.5, 0.6) is 0 Å². The first-order chi connectivity index (χ1) is 20.4. The Bertz CT molecular complexity index is 1350. The molecule has 4 rings (SSSR count). The SMILES string of the molecule is C[C@H]1[C@@H](c2cc(C(F)(F)F)cc(C(F)(F)F)c2)OC(=O)N1CC(=O)c1ncc(C(F)(F)F)cc1NC1CCOC(CCO)C1. The number of nitrogens with zero attached hydrogens (tertiary/aromatic N) is 2. The molecular formula is C27H26F9N3O5. The van der Waals surface area contributed by atoms with Crippen LogP contribution in [0.2, 0.25) is 0 Å². The second-order valence-electron chi connectivity index (χ2n) is 10.4. The summed E-state index contributed by atoms with van der Waals surface area (Å²) in [5.41, 5.74) is -5.82. The minimum atomic E-state index is -5.16. The lowest BCUT2D eigenvalue weighted by molar-refractivity contribution is -0.143. The van der Waals surface area contributed by atoms with Crippen LogP contribution >= 0.6 is 0 Å². The standard InChI is InChI=1S/C27H26F9N3O5/c1-13-23(14-6-15(25(28,29)30)8-16(7-14)26(31,32)33)44-24(42)39(13)12-21(41)22-20(9-17(11-37-22)27(34,35)36)38-18-3-5-43-19(10-18)2-4-40/h6-9,11,13,18-19,23,38,40H,2-5,10,12H2,1H3/t13-,18?,19?,23-/m0/s1. The molecule has 242 valence electrons. The first-order valence-corrected chi connectivity index (χ1v) is 13.2. The number of aromatic nitrogens is 1. The zero-order chi connectivity index (χ0) is 32.6. The first-order valence-electron chi connectivity index (χ1n) is 13.2. The number of alkyl halides is 9. The molecule has 44 heavy (non-hydrogen) atoms. The van der Waals surface area contributed by atoms with Crippen LogP contribution in [-0.2, 0) is 28.0 Å². The molecule has 17 heteroatoms. The molecule has 3 heterocycles. The number of aliphatic hydroxyl groups excluding tert-OH is 1. The Labute approximate surface area is 244 Å². The van der Waals surface area contributed by atoms with Crippen LogP contribution < -0.4 is 5.32 Å². The molecule has 1 aromatic carbocycles. The Kier molecular flexibility index (Phi) is 9.40. The van der Waals surface area contributed by atoms with Crippen molar-refractivity contribution in [3.63, 3.8) is 0 Å². The van der Waals surface area contributed by atoms with E-state index in [-0.39, 0.29) is 31.4 Å². The molecule has 0 aliphatic carbocycles. The van der Waals surface area contributed by atoms with Crippen molar-refractivity contribution in [2.45, 2.75) is 69.0 Å². The number of benzene rings is 1. The molecule has 2 aliphatic rings. The summed E-state index contributed by atoms with van der Waals surface area (Å²) in [5, 5.41) is 12.0. The molecule has 2 saturated heterocycles. The molecule has 0 saturated carbocycles. The smallest absolute Gasteiger partial charge is 0.417 e. The highest BCUT2D eigenvalue weighted by atomic mass is 19.4. The number of Topliss-reactive ketones (excluding diaryl/α,β-unsaturated/α-hetero) is 1. The minimum Gasteiger partial charge on any atom is -0.439 e. The fourth-order valence-electron chi connectivity index (χ4n) is 5.06. The quantitative estimate of drug-likeness (QED) is 0.259. The van der Waals surface area contributed by atoms with Crippen molar-refractivity contribution in [3.05, 3.63) is 58.4 Å². The maximum atomic E-state index is 13.5. The monoisotopic (exact) mass is 643 g/mol. The largest absolute Gasteiger partial charge is 0.439 e. The Morgan fingerprint density at radius 3 is 2.18 bits per heavy atom. The first kappa shape index (κ1) is 33.3. The van der Waals surface area contributed by atoms with E-state index >= 15 is 0 Å². The van der Waals surface area contributed by atoms with Crippen molar-refractivity contribution in [1.29, 1.82) is 0 Å². The van der Waals surface area contributed by atoms with Crippen molar-refractivity contribution >= 4 is 17.6 Å². The maximum Gasteiger partial charge on any atom is 0.417 e. The third kappa shape index (κ3) is 7.54. The lowest BCUT2D eigenvalue weighted by atomic mass is 9.97. The van der Waals surface area contributed by atoms with Gasteiger partial charge in [0.2, 0.25) is 5.78 Å². The van der Waals surface area contributed by atoms with Gasteiger partial charge < -0.3 is 19.9 Å². The predicted octanol–water partition coefficient (Wildman–Crippen LogP) is 6.24. The number of ketones is 1. The number of hydrogen-bond acceptors (Lipinski definition) is 7. The highest BCUT2D eigenvalue weighted by Gasteiger charge is 2.44. The summed E-state index contributed by atoms with van der Waals surface area (Å²) in [6.45, 7) is 0.423.